The van der Waals surface area contributed by atoms with Gasteiger partial charge in [0.15, 0.2) is 0 Å². The molecule has 21 heavy (non-hydrogen) atoms. The van der Waals surface area contributed by atoms with Crippen molar-refractivity contribution in [3.8, 4) is 0 Å². The first-order valence-corrected chi connectivity index (χ1v) is 8.16. The number of hydrogen-bond acceptors (Lipinski definition) is 3. The quantitative estimate of drug-likeness (QED) is 0.832. The van der Waals surface area contributed by atoms with E-state index in [1.807, 2.05) is 31.2 Å². The molecule has 1 aromatic carbocycles. The minimum Gasteiger partial charge on any atom is -0.466 e. The van der Waals surface area contributed by atoms with Crippen molar-refractivity contribution >= 4 is 17.6 Å². The van der Waals surface area contributed by atoms with Gasteiger partial charge in [0, 0.05) is 17.1 Å². The highest BCUT2D eigenvalue weighted by molar-refractivity contribution is 6.31. The Bertz CT molecular complexity index is 478. The number of ether oxygens (including phenoxy) is 1. The van der Waals surface area contributed by atoms with Crippen LogP contribution < -0.4 is 5.32 Å². The zero-order valence-corrected chi connectivity index (χ0v) is 13.5. The largest absolute Gasteiger partial charge is 0.466 e. The van der Waals surface area contributed by atoms with Crippen LogP contribution in [0.15, 0.2) is 24.3 Å². The first-order valence-electron chi connectivity index (χ1n) is 7.79. The molecule has 0 aliphatic heterocycles. The van der Waals surface area contributed by atoms with Gasteiger partial charge in [-0.25, -0.2) is 0 Å². The Hall–Kier alpha value is -1.06. The van der Waals surface area contributed by atoms with Crippen LogP contribution in [0, 0.1) is 5.92 Å². The Morgan fingerprint density at radius 1 is 1.43 bits per heavy atom. The summed E-state index contributed by atoms with van der Waals surface area (Å²) >= 11 is 6.24. The van der Waals surface area contributed by atoms with E-state index < -0.39 is 0 Å². The van der Waals surface area contributed by atoms with Crippen LogP contribution in [0.1, 0.15) is 51.1 Å². The molecule has 0 aromatic heterocycles. The van der Waals surface area contributed by atoms with Gasteiger partial charge in [0.05, 0.1) is 12.5 Å². The van der Waals surface area contributed by atoms with E-state index in [0.29, 0.717) is 12.6 Å². The van der Waals surface area contributed by atoms with E-state index in [1.165, 1.54) is 0 Å². The molecule has 1 aliphatic rings. The first kappa shape index (κ1) is 16.3. The molecule has 2 unspecified atom stereocenters. The third-order valence-electron chi connectivity index (χ3n) is 4.15. The summed E-state index contributed by atoms with van der Waals surface area (Å²) < 4.78 is 5.15. The highest BCUT2D eigenvalue weighted by Gasteiger charge is 2.29. The van der Waals surface area contributed by atoms with Crippen molar-refractivity contribution in [2.24, 2.45) is 5.92 Å². The van der Waals surface area contributed by atoms with Gasteiger partial charge in [0.1, 0.15) is 0 Å². The topological polar surface area (TPSA) is 38.3 Å². The van der Waals surface area contributed by atoms with Crippen LogP contribution in [0.3, 0.4) is 0 Å². The molecule has 4 heteroatoms. The van der Waals surface area contributed by atoms with Crippen LogP contribution in [-0.2, 0) is 9.53 Å². The SMILES string of the molecule is CCOC(=O)C1CCCC(N[C@H](C)c2ccccc2Cl)C1. The minimum absolute atomic E-state index is 0.0367. The molecule has 0 radical (unpaired) electrons. The van der Waals surface area contributed by atoms with Gasteiger partial charge >= 0.3 is 5.97 Å². The van der Waals surface area contributed by atoms with Crippen molar-refractivity contribution in [3.63, 3.8) is 0 Å². The fourth-order valence-electron chi connectivity index (χ4n) is 3.08. The van der Waals surface area contributed by atoms with Crippen molar-refractivity contribution in [1.82, 2.24) is 5.32 Å². The van der Waals surface area contributed by atoms with Crippen LogP contribution in [-0.4, -0.2) is 18.6 Å². The third-order valence-corrected chi connectivity index (χ3v) is 4.50. The van der Waals surface area contributed by atoms with Crippen molar-refractivity contribution < 1.29 is 9.53 Å². The van der Waals surface area contributed by atoms with Crippen molar-refractivity contribution in [3.05, 3.63) is 34.9 Å². The zero-order valence-electron chi connectivity index (χ0n) is 12.8. The number of halogens is 1. The Balaban J connectivity index is 1.93. The number of carbonyl (C=O) groups is 1. The Kier molecular flexibility index (Phi) is 6.07. The predicted octanol–water partition coefficient (Wildman–Crippen LogP) is 4.11. The Morgan fingerprint density at radius 2 is 2.19 bits per heavy atom. The van der Waals surface area contributed by atoms with E-state index in [9.17, 15) is 4.79 Å². The van der Waals surface area contributed by atoms with Crippen LogP contribution >= 0.6 is 11.6 Å². The first-order chi connectivity index (χ1) is 10.1. The van der Waals surface area contributed by atoms with E-state index in [2.05, 4.69) is 12.2 Å². The molecule has 0 amide bonds. The maximum absolute atomic E-state index is 11.9. The second kappa shape index (κ2) is 7.81. The molecule has 0 spiro atoms. The molecule has 1 aliphatic carbocycles. The summed E-state index contributed by atoms with van der Waals surface area (Å²) in [7, 11) is 0. The maximum atomic E-state index is 11.9. The average molecular weight is 310 g/mol. The number of carbonyl (C=O) groups excluding carboxylic acids is 1. The Morgan fingerprint density at radius 3 is 2.90 bits per heavy atom. The van der Waals surface area contributed by atoms with Crippen LogP contribution in [0.25, 0.3) is 0 Å². The van der Waals surface area contributed by atoms with Crippen LogP contribution in [0.5, 0.6) is 0 Å². The highest BCUT2D eigenvalue weighted by Crippen LogP contribution is 2.29. The molecule has 116 valence electrons. The van der Waals surface area contributed by atoms with Crippen molar-refractivity contribution in [2.75, 3.05) is 6.61 Å². The molecule has 2 rings (SSSR count). The summed E-state index contributed by atoms with van der Waals surface area (Å²) in [6.45, 7) is 4.44. The van der Waals surface area contributed by atoms with Crippen LogP contribution in [0.4, 0.5) is 0 Å². The molecule has 3 nitrogen and oxygen atoms in total. The molecule has 0 saturated heterocycles. The molecular formula is C17H24ClNO2. The van der Waals surface area contributed by atoms with Gasteiger partial charge < -0.3 is 10.1 Å². The lowest BCUT2D eigenvalue weighted by molar-refractivity contribution is -0.149. The maximum Gasteiger partial charge on any atom is 0.308 e. The predicted molar refractivity (Wildman–Crippen MR) is 85.4 cm³/mol. The Labute approximate surface area is 132 Å². The summed E-state index contributed by atoms with van der Waals surface area (Å²) in [5.74, 6) is -0.0101. The third kappa shape index (κ3) is 4.45. The van der Waals surface area contributed by atoms with Crippen molar-refractivity contribution in [1.29, 1.82) is 0 Å². The average Bonchev–Trinajstić information content (AvgIpc) is 2.48. The summed E-state index contributed by atoms with van der Waals surface area (Å²) in [4.78, 5) is 11.9. The van der Waals surface area contributed by atoms with Gasteiger partial charge in [0.2, 0.25) is 0 Å². The van der Waals surface area contributed by atoms with Gasteiger partial charge in [-0.2, -0.15) is 0 Å². The molecule has 1 N–H and O–H groups in total. The zero-order chi connectivity index (χ0) is 15.2. The lowest BCUT2D eigenvalue weighted by Crippen LogP contribution is -2.38. The lowest BCUT2D eigenvalue weighted by Gasteiger charge is -2.31. The van der Waals surface area contributed by atoms with E-state index in [4.69, 9.17) is 16.3 Å². The molecule has 1 saturated carbocycles. The van der Waals surface area contributed by atoms with E-state index in [-0.39, 0.29) is 17.9 Å². The van der Waals surface area contributed by atoms with Gasteiger partial charge in [-0.1, -0.05) is 36.2 Å². The number of hydrogen-bond donors (Lipinski definition) is 1. The van der Waals surface area contributed by atoms with E-state index >= 15 is 0 Å². The standard InChI is InChI=1S/C17H24ClNO2/c1-3-21-17(20)13-7-6-8-14(11-13)19-12(2)15-9-4-5-10-16(15)18/h4-5,9-10,12-14,19H,3,6-8,11H2,1-2H3/t12-,13?,14?/m1/s1. The highest BCUT2D eigenvalue weighted by atomic mass is 35.5. The van der Waals surface area contributed by atoms with Gasteiger partial charge in [-0.05, 0) is 44.7 Å². The number of rotatable bonds is 5. The molecule has 3 atom stereocenters. The van der Waals surface area contributed by atoms with E-state index in [1.54, 1.807) is 0 Å². The second-order valence-electron chi connectivity index (χ2n) is 5.72. The van der Waals surface area contributed by atoms with Crippen LogP contribution in [0.2, 0.25) is 5.02 Å². The summed E-state index contributed by atoms with van der Waals surface area (Å²) in [5, 5.41) is 4.40. The molecule has 1 fully saturated rings. The smallest absolute Gasteiger partial charge is 0.308 e. The molecule has 0 heterocycles. The van der Waals surface area contributed by atoms with Gasteiger partial charge in [-0.15, -0.1) is 0 Å². The number of esters is 1. The summed E-state index contributed by atoms with van der Waals surface area (Å²) in [6, 6.07) is 8.43. The fourth-order valence-corrected chi connectivity index (χ4v) is 3.38. The second-order valence-corrected chi connectivity index (χ2v) is 6.13. The van der Waals surface area contributed by atoms with Crippen molar-refractivity contribution in [2.45, 2.75) is 51.6 Å². The fraction of sp³-hybridized carbons (Fsp3) is 0.588. The number of benzene rings is 1. The summed E-state index contributed by atoms with van der Waals surface area (Å²) in [6.07, 6.45) is 3.96. The number of nitrogens with one attached hydrogen (secondary N) is 1. The lowest BCUT2D eigenvalue weighted by atomic mass is 9.85. The molecular weight excluding hydrogens is 286 g/mol. The van der Waals surface area contributed by atoms with Gasteiger partial charge in [0.25, 0.3) is 0 Å². The minimum atomic E-state index is -0.0469. The summed E-state index contributed by atoms with van der Waals surface area (Å²) in [5.41, 5.74) is 1.11. The van der Waals surface area contributed by atoms with E-state index in [0.717, 1.165) is 36.3 Å². The normalized spacial score (nSPS) is 23.6. The molecule has 0 bridgehead atoms. The van der Waals surface area contributed by atoms with Gasteiger partial charge in [-0.3, -0.25) is 4.79 Å². The monoisotopic (exact) mass is 309 g/mol. The molecule has 1 aromatic rings.